The summed E-state index contributed by atoms with van der Waals surface area (Å²) < 4.78 is 12.8. The van der Waals surface area contributed by atoms with Crippen molar-refractivity contribution in [1.29, 1.82) is 0 Å². The average molecular weight is 423 g/mol. The molecule has 3 aromatic carbocycles. The molecule has 0 saturated carbocycles. The SMILES string of the molecule is CCc1ccc(C=Nn2c(-c3cc4c(OC)cccc4o3)nc3ccccc3c2=O)cc1. The summed E-state index contributed by atoms with van der Waals surface area (Å²) in [4.78, 5) is 18.0. The largest absolute Gasteiger partial charge is 0.496 e. The highest BCUT2D eigenvalue weighted by molar-refractivity contribution is 5.88. The molecule has 0 fully saturated rings. The van der Waals surface area contributed by atoms with E-state index in [1.54, 1.807) is 25.5 Å². The number of hydrogen-bond donors (Lipinski definition) is 0. The van der Waals surface area contributed by atoms with Gasteiger partial charge in [0.2, 0.25) is 5.82 Å². The minimum absolute atomic E-state index is 0.264. The topological polar surface area (TPSA) is 69.6 Å². The van der Waals surface area contributed by atoms with Gasteiger partial charge in [-0.25, -0.2) is 4.98 Å². The van der Waals surface area contributed by atoms with Crippen LogP contribution in [0.5, 0.6) is 5.75 Å². The lowest BCUT2D eigenvalue weighted by Crippen LogP contribution is -2.20. The van der Waals surface area contributed by atoms with Crippen LogP contribution >= 0.6 is 0 Å². The molecule has 2 heterocycles. The van der Waals surface area contributed by atoms with Gasteiger partial charge in [0.05, 0.1) is 29.6 Å². The van der Waals surface area contributed by atoms with Crippen LogP contribution in [0.1, 0.15) is 18.1 Å². The van der Waals surface area contributed by atoms with E-state index in [9.17, 15) is 4.79 Å². The molecule has 0 N–H and O–H groups in total. The van der Waals surface area contributed by atoms with Gasteiger partial charge in [0, 0.05) is 0 Å². The number of para-hydroxylation sites is 1. The van der Waals surface area contributed by atoms with Crippen LogP contribution in [-0.2, 0) is 6.42 Å². The van der Waals surface area contributed by atoms with Crippen molar-refractivity contribution >= 4 is 28.1 Å². The summed E-state index contributed by atoms with van der Waals surface area (Å²) in [5.41, 5.74) is 3.09. The number of methoxy groups -OCH3 is 1. The minimum atomic E-state index is -0.264. The first kappa shape index (κ1) is 19.8. The molecule has 6 heteroatoms. The molecule has 0 aliphatic rings. The smallest absolute Gasteiger partial charge is 0.282 e. The Labute approximate surface area is 184 Å². The molecule has 0 aliphatic carbocycles. The quantitative estimate of drug-likeness (QED) is 0.362. The molecule has 5 rings (SSSR count). The third kappa shape index (κ3) is 3.46. The van der Waals surface area contributed by atoms with Crippen molar-refractivity contribution in [2.24, 2.45) is 5.10 Å². The lowest BCUT2D eigenvalue weighted by atomic mass is 10.1. The summed E-state index contributed by atoms with van der Waals surface area (Å²) in [5, 5.41) is 5.79. The predicted molar refractivity (Wildman–Crippen MR) is 127 cm³/mol. The van der Waals surface area contributed by atoms with E-state index in [4.69, 9.17) is 14.1 Å². The summed E-state index contributed by atoms with van der Waals surface area (Å²) in [6.07, 6.45) is 2.62. The fourth-order valence-electron chi connectivity index (χ4n) is 3.68. The predicted octanol–water partition coefficient (Wildman–Crippen LogP) is 5.26. The maximum Gasteiger partial charge on any atom is 0.282 e. The summed E-state index contributed by atoms with van der Waals surface area (Å²) in [5.74, 6) is 1.45. The van der Waals surface area contributed by atoms with Gasteiger partial charge in [-0.05, 0) is 47.9 Å². The van der Waals surface area contributed by atoms with Crippen LogP contribution in [0.3, 0.4) is 0 Å². The number of hydrogen-bond acceptors (Lipinski definition) is 5. The van der Waals surface area contributed by atoms with Crippen LogP contribution < -0.4 is 10.3 Å². The highest BCUT2D eigenvalue weighted by atomic mass is 16.5. The van der Waals surface area contributed by atoms with E-state index in [0.717, 1.165) is 17.4 Å². The molecule has 0 atom stereocenters. The van der Waals surface area contributed by atoms with Gasteiger partial charge in [0.25, 0.3) is 5.56 Å². The lowest BCUT2D eigenvalue weighted by Gasteiger charge is -2.07. The van der Waals surface area contributed by atoms with E-state index in [2.05, 4.69) is 24.2 Å². The second kappa shape index (κ2) is 8.15. The Morgan fingerprint density at radius 3 is 2.62 bits per heavy atom. The van der Waals surface area contributed by atoms with Gasteiger partial charge < -0.3 is 9.15 Å². The van der Waals surface area contributed by atoms with Crippen LogP contribution in [0.4, 0.5) is 0 Å². The molecule has 32 heavy (non-hydrogen) atoms. The Morgan fingerprint density at radius 1 is 1.03 bits per heavy atom. The zero-order valence-corrected chi connectivity index (χ0v) is 17.8. The average Bonchev–Trinajstić information content (AvgIpc) is 3.28. The molecular formula is C26H21N3O3. The fourth-order valence-corrected chi connectivity index (χ4v) is 3.68. The second-order valence-corrected chi connectivity index (χ2v) is 7.39. The first-order valence-electron chi connectivity index (χ1n) is 10.4. The summed E-state index contributed by atoms with van der Waals surface area (Å²) in [6.45, 7) is 2.11. The van der Waals surface area contributed by atoms with E-state index >= 15 is 0 Å². The maximum absolute atomic E-state index is 13.3. The lowest BCUT2D eigenvalue weighted by molar-refractivity contribution is 0.419. The summed E-state index contributed by atoms with van der Waals surface area (Å²) in [7, 11) is 1.61. The second-order valence-electron chi connectivity index (χ2n) is 7.39. The van der Waals surface area contributed by atoms with Crippen LogP contribution in [0.15, 0.2) is 87.1 Å². The zero-order chi connectivity index (χ0) is 22.1. The first-order chi connectivity index (χ1) is 15.7. The van der Waals surface area contributed by atoms with Gasteiger partial charge in [-0.2, -0.15) is 9.78 Å². The normalized spacial score (nSPS) is 11.6. The van der Waals surface area contributed by atoms with E-state index in [1.807, 2.05) is 48.5 Å². The molecule has 0 radical (unpaired) electrons. The van der Waals surface area contributed by atoms with E-state index < -0.39 is 0 Å². The van der Waals surface area contributed by atoms with Crippen LogP contribution in [-0.4, -0.2) is 23.0 Å². The third-order valence-electron chi connectivity index (χ3n) is 5.43. The number of aromatic nitrogens is 2. The van der Waals surface area contributed by atoms with E-state index in [1.165, 1.54) is 10.2 Å². The van der Waals surface area contributed by atoms with Gasteiger partial charge in [-0.1, -0.05) is 49.4 Å². The van der Waals surface area contributed by atoms with Crippen LogP contribution in [0, 0.1) is 0 Å². The summed E-state index contributed by atoms with van der Waals surface area (Å²) in [6, 6.07) is 22.7. The van der Waals surface area contributed by atoms with Crippen LogP contribution in [0.25, 0.3) is 33.5 Å². The monoisotopic (exact) mass is 423 g/mol. The fraction of sp³-hybridized carbons (Fsp3) is 0.115. The number of furan rings is 1. The Bertz CT molecular complexity index is 1510. The molecule has 6 nitrogen and oxygen atoms in total. The van der Waals surface area contributed by atoms with Gasteiger partial charge in [-0.3, -0.25) is 4.79 Å². The Kier molecular flexibility index (Phi) is 5.03. The minimum Gasteiger partial charge on any atom is -0.496 e. The molecule has 0 spiro atoms. The van der Waals surface area contributed by atoms with E-state index in [-0.39, 0.29) is 5.56 Å². The number of rotatable bonds is 5. The standard InChI is InChI=1S/C26H21N3O3/c1-3-17-11-13-18(14-12-17)16-27-29-25(28-21-8-5-4-7-19(21)26(29)30)24-15-20-22(31-2)9-6-10-23(20)32-24/h4-16H,3H2,1-2H3. The molecule has 0 bridgehead atoms. The molecule has 5 aromatic rings. The molecule has 0 unspecified atom stereocenters. The molecule has 0 saturated heterocycles. The Hall–Kier alpha value is -4.19. The van der Waals surface area contributed by atoms with Gasteiger partial charge in [0.15, 0.2) is 5.76 Å². The first-order valence-corrected chi connectivity index (χ1v) is 10.4. The number of ether oxygens (including phenoxy) is 1. The highest BCUT2D eigenvalue weighted by Gasteiger charge is 2.17. The van der Waals surface area contributed by atoms with Crippen LogP contribution in [0.2, 0.25) is 0 Å². The van der Waals surface area contributed by atoms with Crippen molar-refractivity contribution in [3.63, 3.8) is 0 Å². The van der Waals surface area contributed by atoms with Crippen molar-refractivity contribution in [3.05, 3.63) is 94.3 Å². The molecule has 0 aliphatic heterocycles. The van der Waals surface area contributed by atoms with E-state index in [0.29, 0.717) is 33.8 Å². The molecule has 0 amide bonds. The van der Waals surface area contributed by atoms with Crippen molar-refractivity contribution in [2.75, 3.05) is 7.11 Å². The van der Waals surface area contributed by atoms with Crippen molar-refractivity contribution in [2.45, 2.75) is 13.3 Å². The van der Waals surface area contributed by atoms with Crippen molar-refractivity contribution in [3.8, 4) is 17.3 Å². The maximum atomic E-state index is 13.3. The van der Waals surface area contributed by atoms with Gasteiger partial charge in [0.1, 0.15) is 11.3 Å². The number of nitrogens with zero attached hydrogens (tertiary/aromatic N) is 3. The Morgan fingerprint density at radius 2 is 1.84 bits per heavy atom. The highest BCUT2D eigenvalue weighted by Crippen LogP contribution is 2.32. The van der Waals surface area contributed by atoms with Crippen molar-refractivity contribution in [1.82, 2.24) is 9.66 Å². The number of fused-ring (bicyclic) bond motifs is 2. The number of aryl methyl sites for hydroxylation is 1. The van der Waals surface area contributed by atoms with Crippen molar-refractivity contribution < 1.29 is 9.15 Å². The zero-order valence-electron chi connectivity index (χ0n) is 17.8. The third-order valence-corrected chi connectivity index (χ3v) is 5.43. The van der Waals surface area contributed by atoms with Gasteiger partial charge in [-0.15, -0.1) is 0 Å². The summed E-state index contributed by atoms with van der Waals surface area (Å²) >= 11 is 0. The molecule has 158 valence electrons. The molecule has 2 aromatic heterocycles. The molecular weight excluding hydrogens is 402 g/mol. The van der Waals surface area contributed by atoms with Gasteiger partial charge >= 0.3 is 0 Å². The number of benzene rings is 3. The Balaban J connectivity index is 1.71.